The van der Waals surface area contributed by atoms with Crippen LogP contribution in [0, 0.1) is 5.92 Å². The van der Waals surface area contributed by atoms with Gasteiger partial charge in [-0.1, -0.05) is 26.7 Å². The number of hydrogen-bond donors (Lipinski definition) is 1. The lowest BCUT2D eigenvalue weighted by Crippen LogP contribution is -2.69. The van der Waals surface area contributed by atoms with E-state index in [0.29, 0.717) is 12.5 Å². The standard InChI is InChI=1S/C14H24N2O2/c1-4-16-11(9-10(2)3)12(17)15-14(13(16)18)7-5-6-8-14/h10-11H,4-9H2,1-3H3,(H,15,17). The highest BCUT2D eigenvalue weighted by Crippen LogP contribution is 2.35. The SMILES string of the molecule is CCN1C(=O)C2(CCCC2)NC(=O)C1CC(C)C. The quantitative estimate of drug-likeness (QED) is 0.831. The van der Waals surface area contributed by atoms with Crippen LogP contribution in [-0.4, -0.2) is 34.8 Å². The maximum Gasteiger partial charge on any atom is 0.248 e. The summed E-state index contributed by atoms with van der Waals surface area (Å²) in [6, 6.07) is -0.270. The van der Waals surface area contributed by atoms with Crippen molar-refractivity contribution in [2.24, 2.45) is 5.92 Å². The second-order valence-electron chi connectivity index (χ2n) is 6.01. The van der Waals surface area contributed by atoms with E-state index in [-0.39, 0.29) is 17.9 Å². The summed E-state index contributed by atoms with van der Waals surface area (Å²) in [7, 11) is 0. The third-order valence-electron chi connectivity index (χ3n) is 4.20. The number of carbonyl (C=O) groups is 2. The van der Waals surface area contributed by atoms with Gasteiger partial charge >= 0.3 is 0 Å². The van der Waals surface area contributed by atoms with Crippen LogP contribution in [0.2, 0.25) is 0 Å². The van der Waals surface area contributed by atoms with E-state index in [1.165, 1.54) is 0 Å². The molecule has 102 valence electrons. The molecule has 1 saturated heterocycles. The van der Waals surface area contributed by atoms with Crippen molar-refractivity contribution in [2.75, 3.05) is 6.54 Å². The van der Waals surface area contributed by atoms with Crippen LogP contribution in [0.1, 0.15) is 52.9 Å². The van der Waals surface area contributed by atoms with E-state index < -0.39 is 5.54 Å². The molecule has 18 heavy (non-hydrogen) atoms. The molecule has 1 atom stereocenters. The topological polar surface area (TPSA) is 49.4 Å². The van der Waals surface area contributed by atoms with Gasteiger partial charge in [-0.05, 0) is 32.1 Å². The van der Waals surface area contributed by atoms with Crippen molar-refractivity contribution in [3.8, 4) is 0 Å². The van der Waals surface area contributed by atoms with E-state index >= 15 is 0 Å². The number of nitrogens with one attached hydrogen (secondary N) is 1. The summed E-state index contributed by atoms with van der Waals surface area (Å²) in [5.41, 5.74) is -0.569. The van der Waals surface area contributed by atoms with Gasteiger partial charge in [0.25, 0.3) is 0 Å². The van der Waals surface area contributed by atoms with Crippen LogP contribution in [0.4, 0.5) is 0 Å². The molecule has 0 radical (unpaired) electrons. The molecule has 1 unspecified atom stereocenters. The molecule has 1 aliphatic heterocycles. The lowest BCUT2D eigenvalue weighted by Gasteiger charge is -2.44. The van der Waals surface area contributed by atoms with Crippen molar-refractivity contribution in [1.29, 1.82) is 0 Å². The molecule has 2 amide bonds. The van der Waals surface area contributed by atoms with Crippen LogP contribution in [0.15, 0.2) is 0 Å². The summed E-state index contributed by atoms with van der Waals surface area (Å²) in [4.78, 5) is 26.7. The number of carbonyl (C=O) groups excluding carboxylic acids is 2. The average molecular weight is 252 g/mol. The Kier molecular flexibility index (Phi) is 3.64. The highest BCUT2D eigenvalue weighted by atomic mass is 16.2. The third kappa shape index (κ3) is 2.13. The molecule has 1 aliphatic carbocycles. The summed E-state index contributed by atoms with van der Waals surface area (Å²) in [6.45, 7) is 6.77. The highest BCUT2D eigenvalue weighted by molar-refractivity contribution is 6.00. The zero-order valence-corrected chi connectivity index (χ0v) is 11.7. The molecule has 1 saturated carbocycles. The van der Waals surface area contributed by atoms with Crippen molar-refractivity contribution in [3.63, 3.8) is 0 Å². The highest BCUT2D eigenvalue weighted by Gasteiger charge is 2.51. The fraction of sp³-hybridized carbons (Fsp3) is 0.857. The molecule has 4 nitrogen and oxygen atoms in total. The van der Waals surface area contributed by atoms with Crippen molar-refractivity contribution in [2.45, 2.75) is 64.5 Å². The Morgan fingerprint density at radius 2 is 1.94 bits per heavy atom. The van der Waals surface area contributed by atoms with Crippen LogP contribution in [0.5, 0.6) is 0 Å². The summed E-state index contributed by atoms with van der Waals surface area (Å²) in [6.07, 6.45) is 4.45. The first-order valence-corrected chi connectivity index (χ1v) is 7.13. The fourth-order valence-corrected chi connectivity index (χ4v) is 3.29. The predicted molar refractivity (Wildman–Crippen MR) is 70.0 cm³/mol. The Labute approximate surface area is 109 Å². The molecular formula is C14H24N2O2. The van der Waals surface area contributed by atoms with E-state index in [1.54, 1.807) is 4.90 Å². The van der Waals surface area contributed by atoms with E-state index in [4.69, 9.17) is 0 Å². The monoisotopic (exact) mass is 252 g/mol. The second kappa shape index (κ2) is 4.90. The molecular weight excluding hydrogens is 228 g/mol. The number of likely N-dealkylation sites (N-methyl/N-ethyl adjacent to an activating group) is 1. The molecule has 0 aromatic carbocycles. The lowest BCUT2D eigenvalue weighted by atomic mass is 9.88. The molecule has 0 aromatic rings. The molecule has 1 N–H and O–H groups in total. The largest absolute Gasteiger partial charge is 0.340 e. The van der Waals surface area contributed by atoms with Gasteiger partial charge in [0.2, 0.25) is 11.8 Å². The minimum Gasteiger partial charge on any atom is -0.340 e. The second-order valence-corrected chi connectivity index (χ2v) is 6.01. The zero-order chi connectivity index (χ0) is 13.3. The van der Waals surface area contributed by atoms with Crippen molar-refractivity contribution in [3.05, 3.63) is 0 Å². The molecule has 1 spiro atoms. The maximum absolute atomic E-state index is 12.6. The van der Waals surface area contributed by atoms with Gasteiger partial charge in [-0.15, -0.1) is 0 Å². The minimum absolute atomic E-state index is 0.0482. The Balaban J connectivity index is 2.23. The van der Waals surface area contributed by atoms with Gasteiger partial charge in [0.15, 0.2) is 0 Å². The van der Waals surface area contributed by atoms with Crippen molar-refractivity contribution < 1.29 is 9.59 Å². The lowest BCUT2D eigenvalue weighted by molar-refractivity contribution is -0.155. The van der Waals surface area contributed by atoms with Crippen molar-refractivity contribution in [1.82, 2.24) is 10.2 Å². The molecule has 2 rings (SSSR count). The summed E-state index contributed by atoms with van der Waals surface area (Å²) in [5, 5.41) is 3.03. The van der Waals surface area contributed by atoms with Crippen LogP contribution < -0.4 is 5.32 Å². The van der Waals surface area contributed by atoms with Crippen LogP contribution >= 0.6 is 0 Å². The number of amides is 2. The Morgan fingerprint density at radius 3 is 2.44 bits per heavy atom. The van der Waals surface area contributed by atoms with Gasteiger partial charge in [-0.3, -0.25) is 9.59 Å². The van der Waals surface area contributed by atoms with Gasteiger partial charge in [-0.2, -0.15) is 0 Å². The molecule has 0 aromatic heterocycles. The molecule has 4 heteroatoms. The summed E-state index contributed by atoms with van der Waals surface area (Å²) >= 11 is 0. The van der Waals surface area contributed by atoms with Gasteiger partial charge in [0.1, 0.15) is 11.6 Å². The number of hydrogen-bond acceptors (Lipinski definition) is 2. The van der Waals surface area contributed by atoms with Gasteiger partial charge in [-0.25, -0.2) is 0 Å². The molecule has 2 fully saturated rings. The number of piperazine rings is 1. The Morgan fingerprint density at radius 1 is 1.33 bits per heavy atom. The molecule has 0 bridgehead atoms. The van der Waals surface area contributed by atoms with Gasteiger partial charge in [0.05, 0.1) is 0 Å². The first-order valence-electron chi connectivity index (χ1n) is 7.13. The van der Waals surface area contributed by atoms with Crippen LogP contribution in [0.3, 0.4) is 0 Å². The first-order chi connectivity index (χ1) is 8.50. The smallest absolute Gasteiger partial charge is 0.248 e. The van der Waals surface area contributed by atoms with E-state index in [9.17, 15) is 9.59 Å². The van der Waals surface area contributed by atoms with E-state index in [2.05, 4.69) is 19.2 Å². The summed E-state index contributed by atoms with van der Waals surface area (Å²) in [5.74, 6) is 0.611. The normalized spacial score (nSPS) is 27.1. The van der Waals surface area contributed by atoms with Gasteiger partial charge < -0.3 is 10.2 Å². The number of nitrogens with zero attached hydrogens (tertiary/aromatic N) is 1. The predicted octanol–water partition coefficient (Wildman–Crippen LogP) is 1.69. The third-order valence-corrected chi connectivity index (χ3v) is 4.20. The van der Waals surface area contributed by atoms with E-state index in [0.717, 1.165) is 32.1 Å². The van der Waals surface area contributed by atoms with Gasteiger partial charge in [0, 0.05) is 6.54 Å². The van der Waals surface area contributed by atoms with Crippen molar-refractivity contribution >= 4 is 11.8 Å². The zero-order valence-electron chi connectivity index (χ0n) is 11.7. The number of rotatable bonds is 3. The molecule has 2 aliphatic rings. The van der Waals surface area contributed by atoms with Crippen LogP contribution in [0.25, 0.3) is 0 Å². The average Bonchev–Trinajstić information content (AvgIpc) is 2.76. The van der Waals surface area contributed by atoms with E-state index in [1.807, 2.05) is 6.92 Å². The maximum atomic E-state index is 12.6. The Hall–Kier alpha value is -1.06. The Bertz CT molecular complexity index is 346. The fourth-order valence-electron chi connectivity index (χ4n) is 3.29. The minimum atomic E-state index is -0.569. The summed E-state index contributed by atoms with van der Waals surface area (Å²) < 4.78 is 0. The van der Waals surface area contributed by atoms with Crippen LogP contribution in [-0.2, 0) is 9.59 Å². The molecule has 1 heterocycles. The first kappa shape index (κ1) is 13.4.